The number of anilines is 1. The van der Waals surface area contributed by atoms with E-state index in [1.54, 1.807) is 0 Å². The lowest BCUT2D eigenvalue weighted by molar-refractivity contribution is -0.133. The first-order chi connectivity index (χ1) is 12.1. The van der Waals surface area contributed by atoms with Crippen LogP contribution in [0.15, 0.2) is 0 Å². The van der Waals surface area contributed by atoms with Crippen molar-refractivity contribution < 1.29 is 9.53 Å². The molecule has 2 aliphatic heterocycles. The highest BCUT2D eigenvalue weighted by Gasteiger charge is 2.24. The largest absolute Gasteiger partial charge is 0.378 e. The number of hydrogen-bond donors (Lipinski definition) is 1. The predicted molar refractivity (Wildman–Crippen MR) is 97.7 cm³/mol. The van der Waals surface area contributed by atoms with Crippen LogP contribution in [0.25, 0.3) is 0 Å². The second-order valence-electron chi connectivity index (χ2n) is 7.10. The highest BCUT2D eigenvalue weighted by Crippen LogP contribution is 2.24. The Labute approximate surface area is 150 Å². The van der Waals surface area contributed by atoms with Crippen molar-refractivity contribution >= 4 is 11.7 Å². The third-order valence-corrected chi connectivity index (χ3v) is 5.25. The van der Waals surface area contributed by atoms with Gasteiger partial charge in [0.15, 0.2) is 0 Å². The van der Waals surface area contributed by atoms with Gasteiger partial charge in [-0.2, -0.15) is 5.10 Å². The highest BCUT2D eigenvalue weighted by atomic mass is 16.5. The van der Waals surface area contributed by atoms with Crippen molar-refractivity contribution in [1.29, 1.82) is 0 Å². The summed E-state index contributed by atoms with van der Waals surface area (Å²) in [6.45, 7) is 9.73. The number of hydrogen-bond acceptors (Lipinski definition) is 5. The van der Waals surface area contributed by atoms with E-state index in [2.05, 4.69) is 15.3 Å². The topological polar surface area (TPSA) is 62.6 Å². The molecule has 3 heterocycles. The summed E-state index contributed by atoms with van der Waals surface area (Å²) >= 11 is 0. The van der Waals surface area contributed by atoms with Crippen LogP contribution < -0.4 is 10.2 Å². The van der Waals surface area contributed by atoms with Crippen LogP contribution in [0.4, 0.5) is 5.82 Å². The molecule has 1 N–H and O–H groups in total. The molecule has 1 aromatic heterocycles. The van der Waals surface area contributed by atoms with Gasteiger partial charge in [-0.25, -0.2) is 0 Å². The van der Waals surface area contributed by atoms with Crippen molar-refractivity contribution in [2.24, 2.45) is 7.05 Å². The zero-order chi connectivity index (χ0) is 17.8. The minimum atomic E-state index is -0.171. The van der Waals surface area contributed by atoms with Crippen LogP contribution in [0.2, 0.25) is 0 Å². The molecule has 0 aliphatic carbocycles. The summed E-state index contributed by atoms with van der Waals surface area (Å²) in [5, 5.41) is 8.02. The summed E-state index contributed by atoms with van der Waals surface area (Å²) in [5.74, 6) is 1.36. The molecule has 2 fully saturated rings. The van der Waals surface area contributed by atoms with Gasteiger partial charge in [-0.05, 0) is 33.1 Å². The zero-order valence-corrected chi connectivity index (χ0v) is 15.8. The maximum Gasteiger partial charge on any atom is 0.239 e. The van der Waals surface area contributed by atoms with Crippen molar-refractivity contribution in [2.45, 2.75) is 45.7 Å². The average Bonchev–Trinajstić information content (AvgIpc) is 2.93. The van der Waals surface area contributed by atoms with E-state index in [4.69, 9.17) is 4.74 Å². The van der Waals surface area contributed by atoms with Gasteiger partial charge in [-0.1, -0.05) is 0 Å². The molecular formula is C18H31N5O2. The fraction of sp³-hybridized carbons (Fsp3) is 0.778. The van der Waals surface area contributed by atoms with Crippen LogP contribution in [-0.2, 0) is 23.1 Å². The Balaban J connectivity index is 1.65. The summed E-state index contributed by atoms with van der Waals surface area (Å²) in [6, 6.07) is -0.171. The normalized spacial score (nSPS) is 20.0. The Bertz CT molecular complexity index is 589. The molecule has 7 heteroatoms. The van der Waals surface area contributed by atoms with Crippen molar-refractivity contribution in [3.63, 3.8) is 0 Å². The molecule has 1 amide bonds. The summed E-state index contributed by atoms with van der Waals surface area (Å²) in [5.41, 5.74) is 2.21. The molecule has 1 atom stereocenters. The van der Waals surface area contributed by atoms with E-state index in [-0.39, 0.29) is 11.9 Å². The first kappa shape index (κ1) is 18.2. The molecule has 2 aliphatic rings. The second kappa shape index (κ2) is 8.19. The van der Waals surface area contributed by atoms with Gasteiger partial charge in [-0.15, -0.1) is 0 Å². The summed E-state index contributed by atoms with van der Waals surface area (Å²) < 4.78 is 7.42. The van der Waals surface area contributed by atoms with Gasteiger partial charge in [-0.3, -0.25) is 9.48 Å². The van der Waals surface area contributed by atoms with Crippen LogP contribution in [0.1, 0.15) is 37.4 Å². The van der Waals surface area contributed by atoms with E-state index in [1.807, 2.05) is 30.5 Å². The highest BCUT2D eigenvalue weighted by molar-refractivity contribution is 5.81. The number of ether oxygens (including phenoxy) is 1. The minimum absolute atomic E-state index is 0.171. The van der Waals surface area contributed by atoms with Crippen molar-refractivity contribution in [3.8, 4) is 0 Å². The van der Waals surface area contributed by atoms with Crippen LogP contribution in [0, 0.1) is 6.92 Å². The Morgan fingerprint density at radius 3 is 2.56 bits per heavy atom. The summed E-state index contributed by atoms with van der Waals surface area (Å²) in [4.78, 5) is 16.9. The molecule has 7 nitrogen and oxygen atoms in total. The number of nitrogens with one attached hydrogen (secondary N) is 1. The molecule has 0 bridgehead atoms. The zero-order valence-electron chi connectivity index (χ0n) is 15.8. The quantitative estimate of drug-likeness (QED) is 0.861. The minimum Gasteiger partial charge on any atom is -0.378 e. The number of likely N-dealkylation sites (tertiary alicyclic amines) is 1. The Morgan fingerprint density at radius 1 is 1.20 bits per heavy atom. The first-order valence-electron chi connectivity index (χ1n) is 9.45. The summed E-state index contributed by atoms with van der Waals surface area (Å²) in [6.07, 6.45) is 3.49. The number of carbonyl (C=O) groups excluding carboxylic acids is 1. The van der Waals surface area contributed by atoms with Gasteiger partial charge in [0.25, 0.3) is 0 Å². The number of amides is 1. The third-order valence-electron chi connectivity index (χ3n) is 5.25. The monoisotopic (exact) mass is 349 g/mol. The first-order valence-corrected chi connectivity index (χ1v) is 9.45. The van der Waals surface area contributed by atoms with Gasteiger partial charge in [0.05, 0.1) is 24.9 Å². The molecule has 0 spiro atoms. The van der Waals surface area contributed by atoms with Gasteiger partial charge in [0, 0.05) is 45.3 Å². The van der Waals surface area contributed by atoms with Crippen LogP contribution in [0.3, 0.4) is 0 Å². The molecule has 0 saturated carbocycles. The maximum absolute atomic E-state index is 12.6. The number of nitrogens with zero attached hydrogens (tertiary/aromatic N) is 4. The molecule has 25 heavy (non-hydrogen) atoms. The predicted octanol–water partition coefficient (Wildman–Crippen LogP) is 1.06. The fourth-order valence-electron chi connectivity index (χ4n) is 3.80. The van der Waals surface area contributed by atoms with E-state index < -0.39 is 0 Å². The number of morpholine rings is 1. The standard InChI is InChI=1S/C18H31N5O2/c1-14-16(17(21(3)20-14)22-9-11-25-12-10-22)13-19-15(2)18(24)23-7-5-4-6-8-23/h15,19H,4-13H2,1-3H3/t15-/m1/s1. The van der Waals surface area contributed by atoms with Gasteiger partial charge < -0.3 is 19.9 Å². The molecular weight excluding hydrogens is 318 g/mol. The Morgan fingerprint density at radius 2 is 1.88 bits per heavy atom. The molecule has 0 unspecified atom stereocenters. The number of rotatable bonds is 5. The fourth-order valence-corrected chi connectivity index (χ4v) is 3.80. The lowest BCUT2D eigenvalue weighted by Crippen LogP contribution is -2.46. The van der Waals surface area contributed by atoms with Crippen molar-refractivity contribution in [1.82, 2.24) is 20.0 Å². The number of aryl methyl sites for hydroxylation is 2. The molecule has 3 rings (SSSR count). The van der Waals surface area contributed by atoms with Gasteiger partial charge in [0.2, 0.25) is 5.91 Å². The van der Waals surface area contributed by atoms with E-state index >= 15 is 0 Å². The SMILES string of the molecule is Cc1nn(C)c(N2CCOCC2)c1CN[C@H](C)C(=O)N1CCCCC1. The average molecular weight is 349 g/mol. The van der Waals surface area contributed by atoms with Crippen molar-refractivity contribution in [3.05, 3.63) is 11.3 Å². The Hall–Kier alpha value is -1.60. The molecule has 2 saturated heterocycles. The van der Waals surface area contributed by atoms with E-state index in [0.717, 1.165) is 63.7 Å². The molecule has 0 aromatic carbocycles. The van der Waals surface area contributed by atoms with Gasteiger partial charge >= 0.3 is 0 Å². The molecule has 1 aromatic rings. The third kappa shape index (κ3) is 4.15. The maximum atomic E-state index is 12.6. The van der Waals surface area contributed by atoms with Crippen LogP contribution in [-0.4, -0.2) is 66.0 Å². The lowest BCUT2D eigenvalue weighted by Gasteiger charge is -2.31. The number of piperidine rings is 1. The van der Waals surface area contributed by atoms with E-state index in [9.17, 15) is 4.79 Å². The Kier molecular flexibility index (Phi) is 5.96. The molecule has 140 valence electrons. The number of carbonyl (C=O) groups is 1. The van der Waals surface area contributed by atoms with E-state index in [0.29, 0.717) is 6.54 Å². The van der Waals surface area contributed by atoms with Crippen molar-refractivity contribution in [2.75, 3.05) is 44.3 Å². The second-order valence-corrected chi connectivity index (χ2v) is 7.10. The smallest absolute Gasteiger partial charge is 0.239 e. The lowest BCUT2D eigenvalue weighted by atomic mass is 10.1. The van der Waals surface area contributed by atoms with Crippen LogP contribution >= 0.6 is 0 Å². The van der Waals surface area contributed by atoms with Crippen LogP contribution in [0.5, 0.6) is 0 Å². The molecule has 0 radical (unpaired) electrons. The number of aromatic nitrogens is 2. The summed E-state index contributed by atoms with van der Waals surface area (Å²) in [7, 11) is 1.99. The van der Waals surface area contributed by atoms with Gasteiger partial charge in [0.1, 0.15) is 5.82 Å². The van der Waals surface area contributed by atoms with E-state index in [1.165, 1.54) is 12.0 Å².